The number of aliphatic carboxylic acids is 1. The largest absolute Gasteiger partial charge is 0.481 e. The summed E-state index contributed by atoms with van der Waals surface area (Å²) in [4.78, 5) is 21.9. The molecular weight excluding hydrogens is 274 g/mol. The maximum absolute atomic E-state index is 11.6. The highest BCUT2D eigenvalue weighted by Gasteiger charge is 2.02. The molecule has 0 aliphatic rings. The minimum Gasteiger partial charge on any atom is -0.481 e. The van der Waals surface area contributed by atoms with Crippen LogP contribution in [0.4, 0.5) is 0 Å². The molecule has 110 valence electrons. The Morgan fingerprint density at radius 2 is 1.85 bits per heavy atom. The van der Waals surface area contributed by atoms with Gasteiger partial charge in [0.25, 0.3) is 0 Å². The van der Waals surface area contributed by atoms with Gasteiger partial charge in [-0.15, -0.1) is 0 Å². The minimum absolute atomic E-state index is 0.0457. The van der Waals surface area contributed by atoms with Crippen LogP contribution in [0.3, 0.4) is 0 Å². The quantitative estimate of drug-likeness (QED) is 0.651. The summed E-state index contributed by atoms with van der Waals surface area (Å²) in [5, 5.41) is 11.4. The van der Waals surface area contributed by atoms with Gasteiger partial charge in [-0.1, -0.05) is 36.8 Å². The van der Waals surface area contributed by atoms with E-state index in [2.05, 4.69) is 5.32 Å². The lowest BCUT2D eigenvalue weighted by Crippen LogP contribution is -2.24. The molecule has 0 aliphatic carbocycles. The number of unbranched alkanes of at least 4 members (excludes halogenated alkanes) is 2. The topological polar surface area (TPSA) is 66.4 Å². The van der Waals surface area contributed by atoms with Gasteiger partial charge in [-0.05, 0) is 24.2 Å². The van der Waals surface area contributed by atoms with Gasteiger partial charge < -0.3 is 10.4 Å². The maximum atomic E-state index is 11.6. The molecule has 0 fully saturated rings. The third-order valence-corrected chi connectivity index (χ3v) is 3.79. The van der Waals surface area contributed by atoms with Gasteiger partial charge >= 0.3 is 5.97 Å². The number of rotatable bonds is 10. The van der Waals surface area contributed by atoms with Crippen LogP contribution in [0.1, 0.15) is 31.2 Å². The molecule has 0 radical (unpaired) electrons. The van der Waals surface area contributed by atoms with E-state index in [1.807, 2.05) is 30.3 Å². The normalized spacial score (nSPS) is 10.2. The molecule has 2 N–H and O–H groups in total. The molecule has 1 aromatic carbocycles. The number of hydrogen-bond donors (Lipinski definition) is 2. The van der Waals surface area contributed by atoms with Crippen molar-refractivity contribution in [2.24, 2.45) is 0 Å². The highest BCUT2D eigenvalue weighted by molar-refractivity contribution is 7.99. The first-order valence-electron chi connectivity index (χ1n) is 6.78. The Balaban J connectivity index is 1.96. The van der Waals surface area contributed by atoms with E-state index in [4.69, 9.17) is 5.11 Å². The van der Waals surface area contributed by atoms with Crippen LogP contribution < -0.4 is 5.32 Å². The van der Waals surface area contributed by atoms with Crippen LogP contribution >= 0.6 is 11.8 Å². The third-order valence-electron chi connectivity index (χ3n) is 2.74. The van der Waals surface area contributed by atoms with E-state index < -0.39 is 5.97 Å². The molecule has 0 bridgehead atoms. The molecular formula is C15H21NO3S. The van der Waals surface area contributed by atoms with Crippen molar-refractivity contribution in [1.29, 1.82) is 0 Å². The van der Waals surface area contributed by atoms with Crippen molar-refractivity contribution >= 4 is 23.6 Å². The number of carbonyl (C=O) groups excluding carboxylic acids is 1. The number of thioether (sulfide) groups is 1. The summed E-state index contributed by atoms with van der Waals surface area (Å²) in [5.41, 5.74) is 1.10. The molecule has 0 spiro atoms. The number of nitrogens with one attached hydrogen (secondary N) is 1. The molecule has 4 nitrogen and oxygen atoms in total. The Hall–Kier alpha value is -1.49. The van der Waals surface area contributed by atoms with E-state index in [0.717, 1.165) is 30.6 Å². The summed E-state index contributed by atoms with van der Waals surface area (Å²) in [6.45, 7) is 0.568. The number of carbonyl (C=O) groups is 2. The van der Waals surface area contributed by atoms with Crippen molar-refractivity contribution in [2.75, 3.05) is 11.5 Å². The second kappa shape index (κ2) is 10.3. The summed E-state index contributed by atoms with van der Waals surface area (Å²) in [6.07, 6.45) is 2.83. The van der Waals surface area contributed by atoms with Crippen molar-refractivity contribution < 1.29 is 14.7 Å². The van der Waals surface area contributed by atoms with Gasteiger partial charge in [0.05, 0.1) is 5.75 Å². The van der Waals surface area contributed by atoms with Crippen LogP contribution in [0.5, 0.6) is 0 Å². The zero-order chi connectivity index (χ0) is 14.6. The van der Waals surface area contributed by atoms with Gasteiger partial charge in [-0.3, -0.25) is 9.59 Å². The fourth-order valence-electron chi connectivity index (χ4n) is 1.67. The van der Waals surface area contributed by atoms with Crippen molar-refractivity contribution in [1.82, 2.24) is 5.32 Å². The average Bonchev–Trinajstić information content (AvgIpc) is 2.45. The van der Waals surface area contributed by atoms with Crippen LogP contribution in [0.2, 0.25) is 0 Å². The summed E-state index contributed by atoms with van der Waals surface area (Å²) in [6, 6.07) is 9.82. The summed E-state index contributed by atoms with van der Waals surface area (Å²) < 4.78 is 0. The lowest BCUT2D eigenvalue weighted by Gasteiger charge is -2.05. The maximum Gasteiger partial charge on any atom is 0.303 e. The lowest BCUT2D eigenvalue weighted by atomic mass is 10.2. The predicted molar refractivity (Wildman–Crippen MR) is 81.7 cm³/mol. The zero-order valence-electron chi connectivity index (χ0n) is 11.5. The Kier molecular flexibility index (Phi) is 8.54. The summed E-state index contributed by atoms with van der Waals surface area (Å²) in [5.74, 6) is 0.673. The molecule has 0 saturated heterocycles. The van der Waals surface area contributed by atoms with E-state index in [0.29, 0.717) is 12.3 Å². The summed E-state index contributed by atoms with van der Waals surface area (Å²) in [7, 11) is 0. The van der Waals surface area contributed by atoms with Crippen molar-refractivity contribution in [3.8, 4) is 0 Å². The molecule has 1 amide bonds. The lowest BCUT2D eigenvalue weighted by molar-refractivity contribution is -0.137. The van der Waals surface area contributed by atoms with Crippen LogP contribution in [0, 0.1) is 0 Å². The van der Waals surface area contributed by atoms with Crippen LogP contribution in [0.25, 0.3) is 0 Å². The Morgan fingerprint density at radius 1 is 1.10 bits per heavy atom. The molecule has 0 heterocycles. The fourth-order valence-corrected chi connectivity index (χ4v) is 2.51. The van der Waals surface area contributed by atoms with E-state index in [1.54, 1.807) is 11.8 Å². The fraction of sp³-hybridized carbons (Fsp3) is 0.467. The predicted octanol–water partition coefficient (Wildman–Crippen LogP) is 2.68. The molecule has 1 aromatic rings. The number of carboxylic acids is 1. The van der Waals surface area contributed by atoms with Gasteiger partial charge in [-0.2, -0.15) is 11.8 Å². The van der Waals surface area contributed by atoms with E-state index in [9.17, 15) is 9.59 Å². The molecule has 0 aromatic heterocycles. The van der Waals surface area contributed by atoms with Gasteiger partial charge in [-0.25, -0.2) is 0 Å². The van der Waals surface area contributed by atoms with Crippen LogP contribution in [-0.2, 0) is 16.1 Å². The minimum atomic E-state index is -0.738. The monoisotopic (exact) mass is 295 g/mol. The Morgan fingerprint density at radius 3 is 2.55 bits per heavy atom. The second-order valence-corrected chi connectivity index (χ2v) is 5.62. The highest BCUT2D eigenvalue weighted by Crippen LogP contribution is 2.07. The zero-order valence-corrected chi connectivity index (χ0v) is 12.3. The Labute approximate surface area is 124 Å². The van der Waals surface area contributed by atoms with Crippen LogP contribution in [0.15, 0.2) is 30.3 Å². The van der Waals surface area contributed by atoms with Crippen molar-refractivity contribution in [2.45, 2.75) is 32.2 Å². The van der Waals surface area contributed by atoms with Crippen molar-refractivity contribution in [3.63, 3.8) is 0 Å². The van der Waals surface area contributed by atoms with E-state index in [-0.39, 0.29) is 12.3 Å². The number of hydrogen-bond acceptors (Lipinski definition) is 3. The molecule has 0 unspecified atom stereocenters. The first kappa shape index (κ1) is 16.6. The van der Waals surface area contributed by atoms with Gasteiger partial charge in [0.15, 0.2) is 0 Å². The first-order valence-corrected chi connectivity index (χ1v) is 7.94. The smallest absolute Gasteiger partial charge is 0.303 e. The van der Waals surface area contributed by atoms with Gasteiger partial charge in [0.2, 0.25) is 5.91 Å². The first-order chi connectivity index (χ1) is 9.68. The van der Waals surface area contributed by atoms with E-state index >= 15 is 0 Å². The summed E-state index contributed by atoms with van der Waals surface area (Å²) >= 11 is 1.60. The average molecular weight is 295 g/mol. The standard InChI is InChI=1S/C15H21NO3S/c17-14(16-11-13-7-3-1-4-8-13)12-20-10-6-2-5-9-15(18)19/h1,3-4,7-8H,2,5-6,9-12H2,(H,16,17)(H,18,19). The second-order valence-electron chi connectivity index (χ2n) is 4.52. The van der Waals surface area contributed by atoms with Gasteiger partial charge in [0.1, 0.15) is 0 Å². The van der Waals surface area contributed by atoms with Crippen molar-refractivity contribution in [3.05, 3.63) is 35.9 Å². The molecule has 5 heteroatoms. The third kappa shape index (κ3) is 8.58. The Bertz CT molecular complexity index is 409. The van der Waals surface area contributed by atoms with E-state index in [1.165, 1.54) is 0 Å². The number of benzene rings is 1. The highest BCUT2D eigenvalue weighted by atomic mass is 32.2. The SMILES string of the molecule is O=C(O)CCCCCSCC(=O)NCc1ccccc1. The molecule has 1 rings (SSSR count). The number of carboxylic acid groups (broad SMARTS) is 1. The molecule has 20 heavy (non-hydrogen) atoms. The number of amides is 1. The molecule has 0 saturated carbocycles. The molecule has 0 aliphatic heterocycles. The molecule has 0 atom stereocenters. The van der Waals surface area contributed by atoms with Gasteiger partial charge in [0, 0.05) is 13.0 Å². The van der Waals surface area contributed by atoms with Crippen LogP contribution in [-0.4, -0.2) is 28.5 Å².